The molecule has 1 aliphatic rings. The third-order valence-corrected chi connectivity index (χ3v) is 3.04. The molecule has 1 unspecified atom stereocenters. The minimum atomic E-state index is 0.0319. The molecule has 2 N–H and O–H groups in total. The van der Waals surface area contributed by atoms with E-state index >= 15 is 0 Å². The quantitative estimate of drug-likeness (QED) is 0.819. The summed E-state index contributed by atoms with van der Waals surface area (Å²) in [4.78, 5) is 11.6. The van der Waals surface area contributed by atoms with Crippen molar-refractivity contribution >= 4 is 5.91 Å². The van der Waals surface area contributed by atoms with Gasteiger partial charge in [-0.15, -0.1) is 0 Å². The van der Waals surface area contributed by atoms with Crippen molar-refractivity contribution in [3.8, 4) is 0 Å². The summed E-state index contributed by atoms with van der Waals surface area (Å²) in [7, 11) is 0. The lowest BCUT2D eigenvalue weighted by atomic mass is 10.1. The van der Waals surface area contributed by atoms with E-state index in [0.29, 0.717) is 25.7 Å². The van der Waals surface area contributed by atoms with Gasteiger partial charge in [0.25, 0.3) is 0 Å². The number of ether oxygens (including phenoxy) is 1. The third-order valence-electron chi connectivity index (χ3n) is 3.04. The first-order valence-electron chi connectivity index (χ1n) is 6.46. The molecule has 0 aromatic heterocycles. The highest BCUT2D eigenvalue weighted by molar-refractivity contribution is 5.78. The van der Waals surface area contributed by atoms with Gasteiger partial charge in [-0.2, -0.15) is 0 Å². The molecule has 0 spiro atoms. The van der Waals surface area contributed by atoms with Gasteiger partial charge in [-0.1, -0.05) is 30.3 Å². The van der Waals surface area contributed by atoms with Crippen LogP contribution in [0.5, 0.6) is 0 Å². The van der Waals surface area contributed by atoms with E-state index < -0.39 is 0 Å². The van der Waals surface area contributed by atoms with Gasteiger partial charge >= 0.3 is 0 Å². The second-order valence-corrected chi connectivity index (χ2v) is 4.56. The van der Waals surface area contributed by atoms with Crippen molar-refractivity contribution in [2.75, 3.05) is 19.8 Å². The van der Waals surface area contributed by atoms with Crippen molar-refractivity contribution in [2.24, 2.45) is 0 Å². The summed E-state index contributed by atoms with van der Waals surface area (Å²) in [5, 5.41) is 6.12. The maximum absolute atomic E-state index is 11.6. The lowest BCUT2D eigenvalue weighted by molar-refractivity contribution is -0.120. The van der Waals surface area contributed by atoms with E-state index in [2.05, 4.69) is 10.6 Å². The standard InChI is InChI=1S/C14H20N2O2/c17-14(10-15-13-7-4-8-18-11-13)16-9-12-5-2-1-3-6-12/h1-3,5-6,13,15H,4,7-11H2,(H,16,17). The van der Waals surface area contributed by atoms with E-state index in [1.165, 1.54) is 0 Å². The Morgan fingerprint density at radius 1 is 1.33 bits per heavy atom. The molecule has 1 aromatic carbocycles. The molecule has 1 saturated heterocycles. The molecule has 1 atom stereocenters. The Labute approximate surface area is 108 Å². The fraction of sp³-hybridized carbons (Fsp3) is 0.500. The maximum Gasteiger partial charge on any atom is 0.234 e. The van der Waals surface area contributed by atoms with E-state index in [1.54, 1.807) is 0 Å². The first kappa shape index (κ1) is 13.1. The number of nitrogens with one attached hydrogen (secondary N) is 2. The summed E-state index contributed by atoms with van der Waals surface area (Å²) >= 11 is 0. The molecule has 1 fully saturated rings. The topological polar surface area (TPSA) is 50.4 Å². The van der Waals surface area contributed by atoms with E-state index in [4.69, 9.17) is 4.74 Å². The first-order chi connectivity index (χ1) is 8.84. The summed E-state index contributed by atoms with van der Waals surface area (Å²) < 4.78 is 5.35. The van der Waals surface area contributed by atoms with E-state index in [9.17, 15) is 4.79 Å². The SMILES string of the molecule is O=C(CNC1CCCOC1)NCc1ccccc1. The van der Waals surface area contributed by atoms with E-state index in [-0.39, 0.29) is 5.91 Å². The first-order valence-corrected chi connectivity index (χ1v) is 6.46. The average Bonchev–Trinajstić information content (AvgIpc) is 2.45. The highest BCUT2D eigenvalue weighted by Crippen LogP contribution is 2.05. The highest BCUT2D eigenvalue weighted by Gasteiger charge is 2.13. The molecule has 98 valence electrons. The molecule has 1 amide bonds. The van der Waals surface area contributed by atoms with Crippen LogP contribution in [0.2, 0.25) is 0 Å². The molecule has 0 bridgehead atoms. The Bertz CT molecular complexity index is 361. The number of hydrogen-bond donors (Lipinski definition) is 2. The van der Waals surface area contributed by atoms with Crippen molar-refractivity contribution in [2.45, 2.75) is 25.4 Å². The van der Waals surface area contributed by atoms with Crippen LogP contribution in [0.15, 0.2) is 30.3 Å². The zero-order valence-corrected chi connectivity index (χ0v) is 10.5. The number of rotatable bonds is 5. The van der Waals surface area contributed by atoms with Crippen LogP contribution in [-0.2, 0) is 16.1 Å². The minimum absolute atomic E-state index is 0.0319. The Kier molecular flexibility index (Phi) is 5.17. The molecule has 0 radical (unpaired) electrons. The van der Waals surface area contributed by atoms with E-state index in [1.807, 2.05) is 30.3 Å². The van der Waals surface area contributed by atoms with Gasteiger partial charge in [-0.25, -0.2) is 0 Å². The number of amides is 1. The fourth-order valence-electron chi connectivity index (χ4n) is 2.00. The van der Waals surface area contributed by atoms with Crippen molar-refractivity contribution in [1.29, 1.82) is 0 Å². The Morgan fingerprint density at radius 3 is 2.89 bits per heavy atom. The zero-order chi connectivity index (χ0) is 12.6. The molecule has 1 aliphatic heterocycles. The Morgan fingerprint density at radius 2 is 2.17 bits per heavy atom. The molecule has 2 rings (SSSR count). The van der Waals surface area contributed by atoms with E-state index in [0.717, 1.165) is 25.0 Å². The normalized spacial score (nSPS) is 19.4. The maximum atomic E-state index is 11.6. The second-order valence-electron chi connectivity index (χ2n) is 4.56. The van der Waals surface area contributed by atoms with Crippen molar-refractivity contribution in [3.63, 3.8) is 0 Å². The summed E-state index contributed by atoms with van der Waals surface area (Å²) in [5.74, 6) is 0.0319. The molecular formula is C14H20N2O2. The van der Waals surface area contributed by atoms with Crippen molar-refractivity contribution in [1.82, 2.24) is 10.6 Å². The Balaban J connectivity index is 1.63. The van der Waals surface area contributed by atoms with Crippen LogP contribution < -0.4 is 10.6 Å². The number of hydrogen-bond acceptors (Lipinski definition) is 3. The zero-order valence-electron chi connectivity index (χ0n) is 10.5. The molecular weight excluding hydrogens is 228 g/mol. The van der Waals surface area contributed by atoms with Gasteiger partial charge in [0.15, 0.2) is 0 Å². The predicted octanol–water partition coefficient (Wildman–Crippen LogP) is 1.07. The van der Waals surface area contributed by atoms with Gasteiger partial charge in [0, 0.05) is 19.2 Å². The Hall–Kier alpha value is -1.39. The molecule has 1 aromatic rings. The number of carbonyl (C=O) groups excluding carboxylic acids is 1. The molecule has 0 saturated carbocycles. The summed E-state index contributed by atoms with van der Waals surface area (Å²) in [5.41, 5.74) is 1.12. The highest BCUT2D eigenvalue weighted by atomic mass is 16.5. The van der Waals surface area contributed by atoms with Crippen LogP contribution in [0.1, 0.15) is 18.4 Å². The van der Waals surface area contributed by atoms with Gasteiger partial charge in [-0.05, 0) is 18.4 Å². The number of carbonyl (C=O) groups is 1. The summed E-state index contributed by atoms with van der Waals surface area (Å²) in [6.07, 6.45) is 2.16. The fourth-order valence-corrected chi connectivity index (χ4v) is 2.00. The number of benzene rings is 1. The smallest absolute Gasteiger partial charge is 0.234 e. The minimum Gasteiger partial charge on any atom is -0.380 e. The van der Waals surface area contributed by atoms with Gasteiger partial charge in [0.05, 0.1) is 13.2 Å². The largest absolute Gasteiger partial charge is 0.380 e. The van der Waals surface area contributed by atoms with Crippen LogP contribution in [0.4, 0.5) is 0 Å². The second kappa shape index (κ2) is 7.13. The summed E-state index contributed by atoms with van der Waals surface area (Å²) in [6.45, 7) is 2.51. The van der Waals surface area contributed by atoms with Gasteiger partial charge in [0.1, 0.15) is 0 Å². The molecule has 18 heavy (non-hydrogen) atoms. The monoisotopic (exact) mass is 248 g/mol. The van der Waals surface area contributed by atoms with Crippen LogP contribution >= 0.6 is 0 Å². The molecule has 4 heteroatoms. The van der Waals surface area contributed by atoms with Crippen LogP contribution in [-0.4, -0.2) is 31.7 Å². The predicted molar refractivity (Wildman–Crippen MR) is 70.1 cm³/mol. The van der Waals surface area contributed by atoms with Crippen LogP contribution in [0.25, 0.3) is 0 Å². The van der Waals surface area contributed by atoms with Crippen molar-refractivity contribution < 1.29 is 9.53 Å². The van der Waals surface area contributed by atoms with Crippen LogP contribution in [0.3, 0.4) is 0 Å². The third kappa shape index (κ3) is 4.47. The molecule has 0 aliphatic carbocycles. The molecule has 4 nitrogen and oxygen atoms in total. The lowest BCUT2D eigenvalue weighted by Crippen LogP contribution is -2.42. The summed E-state index contributed by atoms with van der Waals surface area (Å²) in [6, 6.07) is 10.2. The van der Waals surface area contributed by atoms with Crippen molar-refractivity contribution in [3.05, 3.63) is 35.9 Å². The van der Waals surface area contributed by atoms with Crippen LogP contribution in [0, 0.1) is 0 Å². The average molecular weight is 248 g/mol. The molecule has 1 heterocycles. The lowest BCUT2D eigenvalue weighted by Gasteiger charge is -2.22. The van der Waals surface area contributed by atoms with Gasteiger partial charge in [-0.3, -0.25) is 4.79 Å². The van der Waals surface area contributed by atoms with Gasteiger partial charge in [0.2, 0.25) is 5.91 Å². The van der Waals surface area contributed by atoms with Gasteiger partial charge < -0.3 is 15.4 Å².